The van der Waals surface area contributed by atoms with Gasteiger partial charge in [0.2, 0.25) is 5.91 Å². The van der Waals surface area contributed by atoms with Crippen molar-refractivity contribution in [1.29, 1.82) is 0 Å². The summed E-state index contributed by atoms with van der Waals surface area (Å²) in [5, 5.41) is 3.09. The molecule has 1 atom stereocenters. The molecule has 1 aliphatic heterocycles. The maximum Gasteiger partial charge on any atom is 0.235 e. The lowest BCUT2D eigenvalue weighted by molar-refractivity contribution is -0.121. The molecule has 0 saturated heterocycles. The zero-order valence-electron chi connectivity index (χ0n) is 13.5. The molecule has 0 aliphatic carbocycles. The standard InChI is InChI=1S/C18H27NO/c1-6-8-11-18(7-2)14-12-13(17(3,4)5)9-10-15(14)19-16(18)20/h9-10,12H,6-8,11H2,1-5H3,(H,19,20). The van der Waals surface area contributed by atoms with E-state index in [0.29, 0.717) is 0 Å². The average molecular weight is 273 g/mol. The van der Waals surface area contributed by atoms with Crippen LogP contribution in [0.2, 0.25) is 0 Å². The summed E-state index contributed by atoms with van der Waals surface area (Å²) in [7, 11) is 0. The fourth-order valence-corrected chi connectivity index (χ4v) is 3.13. The van der Waals surface area contributed by atoms with E-state index < -0.39 is 0 Å². The molecule has 0 spiro atoms. The molecule has 2 rings (SSSR count). The molecule has 0 radical (unpaired) electrons. The first-order valence-electron chi connectivity index (χ1n) is 7.81. The van der Waals surface area contributed by atoms with E-state index in [1.165, 1.54) is 11.1 Å². The van der Waals surface area contributed by atoms with Crippen molar-refractivity contribution < 1.29 is 4.79 Å². The van der Waals surface area contributed by atoms with Crippen molar-refractivity contribution in [2.24, 2.45) is 0 Å². The SMILES string of the molecule is CCCCC1(CC)C(=O)Nc2ccc(C(C)(C)C)cc21. The van der Waals surface area contributed by atoms with Gasteiger partial charge in [0, 0.05) is 5.69 Å². The maximum atomic E-state index is 12.5. The summed E-state index contributed by atoms with van der Waals surface area (Å²) in [5.74, 6) is 0.189. The van der Waals surface area contributed by atoms with Crippen LogP contribution in [0.5, 0.6) is 0 Å². The van der Waals surface area contributed by atoms with Gasteiger partial charge in [0.05, 0.1) is 5.41 Å². The normalized spacial score (nSPS) is 21.8. The third-order valence-electron chi connectivity index (χ3n) is 4.64. The van der Waals surface area contributed by atoms with Crippen LogP contribution in [-0.4, -0.2) is 5.91 Å². The Morgan fingerprint density at radius 1 is 1.20 bits per heavy atom. The minimum atomic E-state index is -0.313. The van der Waals surface area contributed by atoms with Crippen molar-refractivity contribution in [2.45, 2.75) is 71.1 Å². The van der Waals surface area contributed by atoms with Gasteiger partial charge in [0.15, 0.2) is 0 Å². The highest BCUT2D eigenvalue weighted by molar-refractivity contribution is 6.06. The van der Waals surface area contributed by atoms with Crippen LogP contribution in [-0.2, 0) is 15.6 Å². The van der Waals surface area contributed by atoms with Gasteiger partial charge < -0.3 is 5.32 Å². The van der Waals surface area contributed by atoms with E-state index in [9.17, 15) is 4.79 Å². The Hall–Kier alpha value is -1.31. The van der Waals surface area contributed by atoms with Crippen LogP contribution < -0.4 is 5.32 Å². The van der Waals surface area contributed by atoms with Gasteiger partial charge in [-0.05, 0) is 35.4 Å². The Balaban J connectivity index is 2.51. The highest BCUT2D eigenvalue weighted by Crippen LogP contribution is 2.45. The molecule has 1 N–H and O–H groups in total. The molecule has 0 saturated carbocycles. The van der Waals surface area contributed by atoms with Crippen LogP contribution in [0.25, 0.3) is 0 Å². The molecule has 1 amide bonds. The molecule has 110 valence electrons. The molecule has 2 nitrogen and oxygen atoms in total. The number of carbonyl (C=O) groups is 1. The molecule has 1 heterocycles. The zero-order valence-corrected chi connectivity index (χ0v) is 13.5. The first-order chi connectivity index (χ1) is 9.35. The quantitative estimate of drug-likeness (QED) is 0.840. The molecule has 1 aliphatic rings. The van der Waals surface area contributed by atoms with Gasteiger partial charge in [-0.15, -0.1) is 0 Å². The molecule has 0 bridgehead atoms. The summed E-state index contributed by atoms with van der Waals surface area (Å²) >= 11 is 0. The Bertz CT molecular complexity index is 513. The van der Waals surface area contributed by atoms with Crippen molar-refractivity contribution in [3.63, 3.8) is 0 Å². The number of amides is 1. The highest BCUT2D eigenvalue weighted by atomic mass is 16.2. The van der Waals surface area contributed by atoms with Gasteiger partial charge in [0.1, 0.15) is 0 Å². The molecular formula is C18H27NO. The maximum absolute atomic E-state index is 12.5. The Morgan fingerprint density at radius 3 is 2.45 bits per heavy atom. The summed E-state index contributed by atoms with van der Waals surface area (Å²) in [6.07, 6.45) is 4.05. The number of benzene rings is 1. The number of carbonyl (C=O) groups excluding carboxylic acids is 1. The van der Waals surface area contributed by atoms with E-state index in [-0.39, 0.29) is 16.7 Å². The van der Waals surface area contributed by atoms with Crippen LogP contribution in [0.4, 0.5) is 5.69 Å². The van der Waals surface area contributed by atoms with Gasteiger partial charge in [0.25, 0.3) is 0 Å². The fourth-order valence-electron chi connectivity index (χ4n) is 3.13. The molecule has 1 unspecified atom stereocenters. The monoisotopic (exact) mass is 273 g/mol. The number of rotatable bonds is 4. The third kappa shape index (κ3) is 2.36. The number of nitrogens with one attached hydrogen (secondary N) is 1. The van der Waals surface area contributed by atoms with E-state index in [1.807, 2.05) is 0 Å². The molecule has 0 aromatic heterocycles. The predicted molar refractivity (Wildman–Crippen MR) is 85.3 cm³/mol. The average Bonchev–Trinajstić information content (AvgIpc) is 2.67. The lowest BCUT2D eigenvalue weighted by Crippen LogP contribution is -2.33. The van der Waals surface area contributed by atoms with Crippen LogP contribution in [0.3, 0.4) is 0 Å². The lowest BCUT2D eigenvalue weighted by atomic mass is 9.73. The third-order valence-corrected chi connectivity index (χ3v) is 4.64. The number of fused-ring (bicyclic) bond motifs is 1. The number of unbranched alkanes of at least 4 members (excludes halogenated alkanes) is 1. The molecule has 1 aromatic rings. The molecule has 20 heavy (non-hydrogen) atoms. The number of hydrogen-bond donors (Lipinski definition) is 1. The Labute approximate surface area is 123 Å². The van der Waals surface area contributed by atoms with E-state index >= 15 is 0 Å². The first-order valence-corrected chi connectivity index (χ1v) is 7.81. The van der Waals surface area contributed by atoms with Crippen LogP contribution in [0, 0.1) is 0 Å². The van der Waals surface area contributed by atoms with Crippen molar-refractivity contribution in [3.8, 4) is 0 Å². The van der Waals surface area contributed by atoms with Gasteiger partial charge in [-0.1, -0.05) is 59.6 Å². The minimum absolute atomic E-state index is 0.116. The number of anilines is 1. The van der Waals surface area contributed by atoms with Crippen LogP contribution in [0.1, 0.15) is 71.4 Å². The van der Waals surface area contributed by atoms with Crippen molar-refractivity contribution in [2.75, 3.05) is 5.32 Å². The Kier molecular flexibility index (Phi) is 3.95. The fraction of sp³-hybridized carbons (Fsp3) is 0.611. The second-order valence-corrected chi connectivity index (χ2v) is 7.00. The minimum Gasteiger partial charge on any atom is -0.325 e. The highest BCUT2D eigenvalue weighted by Gasteiger charge is 2.44. The molecular weight excluding hydrogens is 246 g/mol. The smallest absolute Gasteiger partial charge is 0.235 e. The van der Waals surface area contributed by atoms with E-state index in [4.69, 9.17) is 0 Å². The predicted octanol–water partition coefficient (Wildman–Crippen LogP) is 4.77. The van der Waals surface area contributed by atoms with E-state index in [1.54, 1.807) is 0 Å². The molecule has 1 aromatic carbocycles. The second kappa shape index (κ2) is 5.23. The van der Waals surface area contributed by atoms with Crippen molar-refractivity contribution in [3.05, 3.63) is 29.3 Å². The summed E-state index contributed by atoms with van der Waals surface area (Å²) < 4.78 is 0. The van der Waals surface area contributed by atoms with Gasteiger partial charge in [-0.3, -0.25) is 4.79 Å². The summed E-state index contributed by atoms with van der Waals surface area (Å²) in [4.78, 5) is 12.5. The van der Waals surface area contributed by atoms with Crippen molar-refractivity contribution in [1.82, 2.24) is 0 Å². The molecule has 2 heteroatoms. The lowest BCUT2D eigenvalue weighted by Gasteiger charge is -2.28. The topological polar surface area (TPSA) is 29.1 Å². The van der Waals surface area contributed by atoms with Crippen LogP contribution >= 0.6 is 0 Å². The summed E-state index contributed by atoms with van der Waals surface area (Å²) in [6, 6.07) is 6.48. The first kappa shape index (κ1) is 15.1. The largest absolute Gasteiger partial charge is 0.325 e. The van der Waals surface area contributed by atoms with Gasteiger partial charge in [-0.25, -0.2) is 0 Å². The second-order valence-electron chi connectivity index (χ2n) is 7.00. The molecule has 0 fully saturated rings. The van der Waals surface area contributed by atoms with E-state index in [0.717, 1.165) is 31.4 Å². The summed E-state index contributed by atoms with van der Waals surface area (Å²) in [6.45, 7) is 11.0. The van der Waals surface area contributed by atoms with E-state index in [2.05, 4.69) is 58.1 Å². The number of hydrogen-bond acceptors (Lipinski definition) is 1. The van der Waals surface area contributed by atoms with Crippen molar-refractivity contribution >= 4 is 11.6 Å². The van der Waals surface area contributed by atoms with Gasteiger partial charge >= 0.3 is 0 Å². The van der Waals surface area contributed by atoms with Crippen LogP contribution in [0.15, 0.2) is 18.2 Å². The zero-order chi connectivity index (χ0) is 15.0. The summed E-state index contributed by atoms with van der Waals surface area (Å²) in [5.41, 5.74) is 3.34. The van der Waals surface area contributed by atoms with Gasteiger partial charge in [-0.2, -0.15) is 0 Å². The Morgan fingerprint density at radius 2 is 1.90 bits per heavy atom.